The van der Waals surface area contributed by atoms with Gasteiger partial charge in [0.05, 0.1) is 11.1 Å². The van der Waals surface area contributed by atoms with Gasteiger partial charge >= 0.3 is 12.4 Å². The minimum atomic E-state index is -4.61. The van der Waals surface area contributed by atoms with Gasteiger partial charge in [-0.1, -0.05) is 33.6 Å². The molecule has 0 unspecified atom stereocenters. The van der Waals surface area contributed by atoms with Crippen molar-refractivity contribution in [3.8, 4) is 11.5 Å². The molecule has 0 spiro atoms. The van der Waals surface area contributed by atoms with Crippen LogP contribution in [0.4, 0.5) is 35.1 Å². The van der Waals surface area contributed by atoms with Crippen LogP contribution in [-0.4, -0.2) is 11.7 Å². The average molecular weight is 472 g/mol. The molecule has 2 nitrogen and oxygen atoms in total. The van der Waals surface area contributed by atoms with E-state index in [4.69, 9.17) is 9.84 Å². The predicted molar refractivity (Wildman–Crippen MR) is 108 cm³/mol. The number of benzene rings is 2. The summed E-state index contributed by atoms with van der Waals surface area (Å²) in [6.07, 6.45) is -6.86. The topological polar surface area (TPSA) is 29.5 Å². The number of rotatable bonds is 5. The van der Waals surface area contributed by atoms with Crippen LogP contribution in [0.3, 0.4) is 0 Å². The van der Waals surface area contributed by atoms with Crippen LogP contribution in [-0.2, 0) is 18.8 Å². The Bertz CT molecular complexity index is 887. The lowest BCUT2D eigenvalue weighted by Crippen LogP contribution is -2.09. The quantitative estimate of drug-likeness (QED) is 0.353. The molecule has 32 heavy (non-hydrogen) atoms. The second kappa shape index (κ2) is 12.7. The first kappa shape index (κ1) is 31.1. The lowest BCUT2D eigenvalue weighted by molar-refractivity contribution is -0.138. The highest BCUT2D eigenvalue weighted by Gasteiger charge is 2.34. The number of hydrogen-bond acceptors (Lipinski definition) is 2. The smallest absolute Gasteiger partial charge is 0.416 e. The third-order valence-electron chi connectivity index (χ3n) is 3.50. The minimum absolute atomic E-state index is 0. The monoisotopic (exact) mass is 472 g/mol. The SMILES string of the molecule is C.C.C=CCOc1cc(C(F)(F)F)ccc1F.C=CCc1c(C(F)(F)F)ccc(F)c1O. The van der Waals surface area contributed by atoms with Crippen molar-refractivity contribution in [2.45, 2.75) is 33.6 Å². The molecule has 180 valence electrons. The third-order valence-corrected chi connectivity index (χ3v) is 3.50. The maximum Gasteiger partial charge on any atom is 0.416 e. The van der Waals surface area contributed by atoms with Crippen molar-refractivity contribution in [2.24, 2.45) is 0 Å². The van der Waals surface area contributed by atoms with Gasteiger partial charge in [-0.3, -0.25) is 0 Å². The Labute approximate surface area is 181 Å². The number of alkyl halides is 6. The van der Waals surface area contributed by atoms with Crippen LogP contribution in [0.2, 0.25) is 0 Å². The molecule has 0 saturated carbocycles. The van der Waals surface area contributed by atoms with Crippen LogP contribution < -0.4 is 4.74 Å². The lowest BCUT2D eigenvalue weighted by atomic mass is 10.0. The van der Waals surface area contributed by atoms with Gasteiger partial charge in [-0.15, -0.1) is 6.58 Å². The Kier molecular flexibility index (Phi) is 12.4. The number of hydrogen-bond donors (Lipinski definition) is 1. The van der Waals surface area contributed by atoms with Crippen molar-refractivity contribution in [3.63, 3.8) is 0 Å². The molecule has 0 aliphatic carbocycles. The maximum absolute atomic E-state index is 13.0. The summed E-state index contributed by atoms with van der Waals surface area (Å²) < 4.78 is 104. The summed E-state index contributed by atoms with van der Waals surface area (Å²) in [5, 5.41) is 9.15. The molecule has 0 amide bonds. The molecule has 0 bridgehead atoms. The Morgan fingerprint density at radius 1 is 0.844 bits per heavy atom. The number of halogens is 8. The molecule has 0 aliphatic rings. The molecule has 2 aromatic carbocycles. The van der Waals surface area contributed by atoms with Gasteiger partial charge in [0.25, 0.3) is 0 Å². The van der Waals surface area contributed by atoms with Crippen LogP contribution >= 0.6 is 0 Å². The fourth-order valence-electron chi connectivity index (χ4n) is 2.16. The second-order valence-electron chi connectivity index (χ2n) is 5.66. The van der Waals surface area contributed by atoms with Crippen molar-refractivity contribution in [1.82, 2.24) is 0 Å². The Balaban J connectivity index is 0. The van der Waals surface area contributed by atoms with Crippen LogP contribution in [0.5, 0.6) is 11.5 Å². The molecule has 0 atom stereocenters. The van der Waals surface area contributed by atoms with Crippen molar-refractivity contribution in [1.29, 1.82) is 0 Å². The third kappa shape index (κ3) is 8.60. The zero-order valence-electron chi connectivity index (χ0n) is 15.2. The summed E-state index contributed by atoms with van der Waals surface area (Å²) in [5.41, 5.74) is -2.47. The molecule has 1 N–H and O–H groups in total. The molecule has 0 radical (unpaired) electrons. The van der Waals surface area contributed by atoms with E-state index in [1.54, 1.807) is 0 Å². The highest BCUT2D eigenvalue weighted by molar-refractivity contribution is 5.43. The normalized spacial score (nSPS) is 10.6. The predicted octanol–water partition coefficient (Wildman–Crippen LogP) is 7.96. The first-order valence-corrected chi connectivity index (χ1v) is 8.11. The summed E-state index contributed by atoms with van der Waals surface area (Å²) >= 11 is 0. The van der Waals surface area contributed by atoms with Gasteiger partial charge in [0, 0.05) is 5.56 Å². The fourth-order valence-corrected chi connectivity index (χ4v) is 2.16. The molecular formula is C22H24F8O2. The zero-order chi connectivity index (χ0) is 23.1. The van der Waals surface area contributed by atoms with E-state index in [0.717, 1.165) is 6.07 Å². The zero-order valence-corrected chi connectivity index (χ0v) is 15.2. The molecule has 2 aromatic rings. The molecule has 0 saturated heterocycles. The highest BCUT2D eigenvalue weighted by atomic mass is 19.4. The van der Waals surface area contributed by atoms with E-state index in [1.807, 2.05) is 0 Å². The van der Waals surface area contributed by atoms with Crippen molar-refractivity contribution in [3.05, 3.63) is 84.0 Å². The van der Waals surface area contributed by atoms with Gasteiger partial charge in [0.1, 0.15) is 6.61 Å². The Morgan fingerprint density at radius 3 is 1.88 bits per heavy atom. The second-order valence-corrected chi connectivity index (χ2v) is 5.66. The van der Waals surface area contributed by atoms with Gasteiger partial charge in [-0.25, -0.2) is 8.78 Å². The van der Waals surface area contributed by atoms with E-state index >= 15 is 0 Å². The van der Waals surface area contributed by atoms with E-state index in [9.17, 15) is 35.1 Å². The van der Waals surface area contributed by atoms with E-state index in [0.29, 0.717) is 24.3 Å². The summed E-state index contributed by atoms with van der Waals surface area (Å²) in [6, 6.07) is 3.20. The Hall–Kier alpha value is -3.04. The van der Waals surface area contributed by atoms with E-state index < -0.39 is 52.2 Å². The standard InChI is InChI=1S/2C10H8F4O.2CH4/c1-2-5-15-9-6-7(10(12,13)14)3-4-8(9)11;1-2-3-6-7(10(12,13)14)4-5-8(11)9(6)15;;/h2-4,6H,1,5H2;2,4-5,15H,1,3H2;2*1H4. The van der Waals surface area contributed by atoms with E-state index in [-0.39, 0.29) is 27.9 Å². The van der Waals surface area contributed by atoms with Crippen LogP contribution in [0.25, 0.3) is 0 Å². The van der Waals surface area contributed by atoms with Crippen LogP contribution in [0.15, 0.2) is 55.6 Å². The first-order chi connectivity index (χ1) is 13.8. The minimum Gasteiger partial charge on any atom is -0.505 e. The summed E-state index contributed by atoms with van der Waals surface area (Å²) in [4.78, 5) is 0. The largest absolute Gasteiger partial charge is 0.505 e. The van der Waals surface area contributed by atoms with Crippen molar-refractivity contribution in [2.75, 3.05) is 6.61 Å². The van der Waals surface area contributed by atoms with Crippen molar-refractivity contribution < 1.29 is 45.0 Å². The van der Waals surface area contributed by atoms with Crippen LogP contribution in [0, 0.1) is 11.6 Å². The summed E-state index contributed by atoms with van der Waals surface area (Å²) in [7, 11) is 0. The highest BCUT2D eigenvalue weighted by Crippen LogP contribution is 2.37. The molecule has 0 heterocycles. The number of allylic oxidation sites excluding steroid dienone is 1. The number of ether oxygens (including phenoxy) is 1. The molecule has 0 aliphatic heterocycles. The molecular weight excluding hydrogens is 448 g/mol. The fraction of sp³-hybridized carbons (Fsp3) is 0.273. The maximum atomic E-state index is 13.0. The van der Waals surface area contributed by atoms with Crippen LogP contribution in [0.1, 0.15) is 31.5 Å². The van der Waals surface area contributed by atoms with Gasteiger partial charge in [-0.05, 0) is 36.8 Å². The molecule has 0 fully saturated rings. The summed E-state index contributed by atoms with van der Waals surface area (Å²) in [6.45, 7) is 6.51. The first-order valence-electron chi connectivity index (χ1n) is 8.11. The van der Waals surface area contributed by atoms with Gasteiger partial charge in [0.2, 0.25) is 0 Å². The van der Waals surface area contributed by atoms with Gasteiger partial charge < -0.3 is 9.84 Å². The molecule has 0 aromatic heterocycles. The number of phenolic OH excluding ortho intramolecular Hbond substituents is 1. The molecule has 2 rings (SSSR count). The van der Waals surface area contributed by atoms with E-state index in [1.165, 1.54) is 12.2 Å². The summed E-state index contributed by atoms with van der Waals surface area (Å²) in [5.74, 6) is -3.29. The number of aromatic hydroxyl groups is 1. The molecule has 10 heteroatoms. The van der Waals surface area contributed by atoms with Gasteiger partial charge in [0.15, 0.2) is 23.1 Å². The average Bonchev–Trinajstić information content (AvgIpc) is 2.63. The van der Waals surface area contributed by atoms with E-state index in [2.05, 4.69) is 13.2 Å². The number of phenols is 1. The lowest BCUT2D eigenvalue weighted by Gasteiger charge is -2.13. The van der Waals surface area contributed by atoms with Crippen molar-refractivity contribution >= 4 is 0 Å². The van der Waals surface area contributed by atoms with Gasteiger partial charge in [-0.2, -0.15) is 26.3 Å². The Morgan fingerprint density at radius 2 is 1.41 bits per heavy atom.